The molecule has 14 heteroatoms. The number of halogens is 5. The highest BCUT2D eigenvalue weighted by molar-refractivity contribution is 7.22. The van der Waals surface area contributed by atoms with Crippen LogP contribution in [0.15, 0.2) is 54.6 Å². The molecule has 0 unspecified atom stereocenters. The first kappa shape index (κ1) is 32.8. The van der Waals surface area contributed by atoms with Crippen LogP contribution in [0.4, 0.5) is 32.8 Å². The fourth-order valence-electron chi connectivity index (χ4n) is 5.13. The van der Waals surface area contributed by atoms with Crippen molar-refractivity contribution in [1.82, 2.24) is 10.3 Å². The summed E-state index contributed by atoms with van der Waals surface area (Å²) >= 11 is 1.12. The largest absolute Gasteiger partial charge is 0.454 e. The maximum atomic E-state index is 15.0. The van der Waals surface area contributed by atoms with Crippen molar-refractivity contribution in [2.24, 2.45) is 5.92 Å². The third-order valence-corrected chi connectivity index (χ3v) is 8.45. The van der Waals surface area contributed by atoms with Crippen LogP contribution < -0.4 is 20.7 Å². The second-order valence-electron chi connectivity index (χ2n) is 10.9. The number of nitrogens with zero attached hydrogens (tertiary/aromatic N) is 1. The second-order valence-corrected chi connectivity index (χ2v) is 11.9. The van der Waals surface area contributed by atoms with Gasteiger partial charge in [-0.15, -0.1) is 0 Å². The molecule has 1 heterocycles. The average Bonchev–Trinajstić information content (AvgIpc) is 3.39. The van der Waals surface area contributed by atoms with E-state index in [1.807, 2.05) is 0 Å². The summed E-state index contributed by atoms with van der Waals surface area (Å²) in [5.74, 6) is -3.06. The number of amides is 3. The minimum absolute atomic E-state index is 0.0159. The van der Waals surface area contributed by atoms with Crippen LogP contribution in [0.3, 0.4) is 0 Å². The van der Waals surface area contributed by atoms with E-state index >= 15 is 0 Å². The minimum Gasteiger partial charge on any atom is -0.454 e. The molecule has 8 nitrogen and oxygen atoms in total. The molecule has 1 aliphatic carbocycles. The Morgan fingerprint density at radius 3 is 2.41 bits per heavy atom. The van der Waals surface area contributed by atoms with E-state index in [0.717, 1.165) is 41.7 Å². The molecule has 0 aliphatic heterocycles. The average molecular weight is 661 g/mol. The number of nitrogens with one attached hydrogen (secondary N) is 3. The number of ether oxygens (including phenoxy) is 1. The highest BCUT2D eigenvalue weighted by Crippen LogP contribution is 2.35. The molecule has 242 valence electrons. The monoisotopic (exact) mass is 660 g/mol. The standard InChI is InChI=1S/C32H29F5N4O4S/c1-2-28(42)38-20-8-6-18(7-9-20)30(44)41-31-40-25-15-23(34)26(16-27(25)46-31)45-21-10-11-22(33)24(14-21)39-29(43)13-17-4-3-5-19(12-17)32(35,36)37/h3-5,10-12,14-16,18,20H,2,6-9,13H2,1H3,(H,38,42)(H,39,43)(H,40,41,44). The zero-order chi connectivity index (χ0) is 33.0. The molecule has 5 rings (SSSR count). The fourth-order valence-corrected chi connectivity index (χ4v) is 6.01. The molecule has 0 saturated heterocycles. The lowest BCUT2D eigenvalue weighted by Gasteiger charge is -2.28. The van der Waals surface area contributed by atoms with Crippen molar-refractivity contribution in [3.63, 3.8) is 0 Å². The lowest BCUT2D eigenvalue weighted by Crippen LogP contribution is -2.39. The highest BCUT2D eigenvalue weighted by Gasteiger charge is 2.30. The number of fused-ring (bicyclic) bond motifs is 1. The van der Waals surface area contributed by atoms with E-state index in [4.69, 9.17) is 4.74 Å². The lowest BCUT2D eigenvalue weighted by atomic mass is 9.85. The number of benzene rings is 3. The number of carbonyl (C=O) groups excluding carboxylic acids is 3. The van der Waals surface area contributed by atoms with Crippen LogP contribution >= 0.6 is 11.3 Å². The lowest BCUT2D eigenvalue weighted by molar-refractivity contribution is -0.137. The summed E-state index contributed by atoms with van der Waals surface area (Å²) in [6.45, 7) is 1.78. The van der Waals surface area contributed by atoms with Crippen LogP contribution in [0.2, 0.25) is 0 Å². The highest BCUT2D eigenvalue weighted by atomic mass is 32.1. The number of anilines is 2. The first-order valence-corrected chi connectivity index (χ1v) is 15.3. The van der Waals surface area contributed by atoms with Crippen LogP contribution in [0.5, 0.6) is 11.5 Å². The number of carbonyl (C=O) groups is 3. The number of aromatic nitrogens is 1. The summed E-state index contributed by atoms with van der Waals surface area (Å²) in [6, 6.07) is 10.2. The van der Waals surface area contributed by atoms with E-state index in [9.17, 15) is 36.3 Å². The van der Waals surface area contributed by atoms with Gasteiger partial charge in [-0.1, -0.05) is 36.5 Å². The molecule has 0 bridgehead atoms. The van der Waals surface area contributed by atoms with Crippen molar-refractivity contribution >= 4 is 50.1 Å². The van der Waals surface area contributed by atoms with E-state index in [1.165, 1.54) is 24.3 Å². The summed E-state index contributed by atoms with van der Waals surface area (Å²) in [5, 5.41) is 8.35. The number of thiazole rings is 1. The number of alkyl halides is 3. The van der Waals surface area contributed by atoms with Crippen molar-refractivity contribution in [1.29, 1.82) is 0 Å². The molecule has 1 aromatic heterocycles. The first-order valence-electron chi connectivity index (χ1n) is 14.5. The topological polar surface area (TPSA) is 109 Å². The van der Waals surface area contributed by atoms with E-state index in [-0.39, 0.29) is 57.2 Å². The zero-order valence-corrected chi connectivity index (χ0v) is 25.3. The molecule has 4 aromatic rings. The normalized spacial score (nSPS) is 16.6. The molecule has 3 amide bonds. The van der Waals surface area contributed by atoms with Gasteiger partial charge in [-0.25, -0.2) is 13.8 Å². The molecular formula is C32H29F5N4O4S. The van der Waals surface area contributed by atoms with Gasteiger partial charge in [-0.2, -0.15) is 13.2 Å². The SMILES string of the molecule is CCC(=O)NC1CCC(C(=O)Nc2nc3cc(F)c(Oc4ccc(F)c(NC(=O)Cc5cccc(C(F)(F)F)c5)c4)cc3s2)CC1. The predicted octanol–water partition coefficient (Wildman–Crippen LogP) is 7.59. The fraction of sp³-hybridized carbons (Fsp3) is 0.312. The summed E-state index contributed by atoms with van der Waals surface area (Å²) in [5.41, 5.74) is -0.843. The van der Waals surface area contributed by atoms with Crippen LogP contribution in [0, 0.1) is 17.6 Å². The molecular weight excluding hydrogens is 631 g/mol. The molecule has 0 radical (unpaired) electrons. The van der Waals surface area contributed by atoms with Gasteiger partial charge in [-0.05, 0) is 49.4 Å². The van der Waals surface area contributed by atoms with Crippen molar-refractivity contribution in [3.05, 3.63) is 77.4 Å². The van der Waals surface area contributed by atoms with E-state index in [1.54, 1.807) is 6.92 Å². The van der Waals surface area contributed by atoms with E-state index in [2.05, 4.69) is 20.9 Å². The Kier molecular flexibility index (Phi) is 9.85. The zero-order valence-electron chi connectivity index (χ0n) is 24.5. The molecule has 0 spiro atoms. The smallest absolute Gasteiger partial charge is 0.416 e. The van der Waals surface area contributed by atoms with Crippen LogP contribution in [0.1, 0.15) is 50.2 Å². The Labute approximate surface area is 264 Å². The number of hydrogen-bond donors (Lipinski definition) is 3. The van der Waals surface area contributed by atoms with Gasteiger partial charge in [-0.3, -0.25) is 14.4 Å². The Morgan fingerprint density at radius 1 is 0.935 bits per heavy atom. The van der Waals surface area contributed by atoms with Gasteiger partial charge in [0, 0.05) is 36.6 Å². The van der Waals surface area contributed by atoms with Crippen LogP contribution in [-0.4, -0.2) is 28.7 Å². The van der Waals surface area contributed by atoms with Gasteiger partial charge < -0.3 is 20.7 Å². The molecule has 3 aromatic carbocycles. The van der Waals surface area contributed by atoms with E-state index < -0.39 is 35.7 Å². The third-order valence-electron chi connectivity index (χ3n) is 7.52. The van der Waals surface area contributed by atoms with Gasteiger partial charge in [0.1, 0.15) is 11.6 Å². The van der Waals surface area contributed by atoms with Crippen molar-refractivity contribution < 1.29 is 41.1 Å². The number of hydrogen-bond acceptors (Lipinski definition) is 6. The van der Waals surface area contributed by atoms with Gasteiger partial charge in [0.2, 0.25) is 17.7 Å². The van der Waals surface area contributed by atoms with Crippen LogP contribution in [-0.2, 0) is 27.0 Å². The summed E-state index contributed by atoms with van der Waals surface area (Å²) < 4.78 is 74.6. The second kappa shape index (κ2) is 13.8. The molecule has 1 fully saturated rings. The van der Waals surface area contributed by atoms with E-state index in [0.29, 0.717) is 36.8 Å². The Morgan fingerprint density at radius 2 is 1.70 bits per heavy atom. The van der Waals surface area contributed by atoms with Crippen LogP contribution in [0.25, 0.3) is 10.2 Å². The predicted molar refractivity (Wildman–Crippen MR) is 163 cm³/mol. The molecule has 0 atom stereocenters. The molecule has 1 saturated carbocycles. The van der Waals surface area contributed by atoms with Crippen molar-refractivity contribution in [2.75, 3.05) is 10.6 Å². The number of rotatable bonds is 9. The van der Waals surface area contributed by atoms with Crippen molar-refractivity contribution in [3.8, 4) is 11.5 Å². The van der Waals surface area contributed by atoms with Gasteiger partial charge in [0.25, 0.3) is 0 Å². The molecule has 3 N–H and O–H groups in total. The maximum absolute atomic E-state index is 15.0. The molecule has 46 heavy (non-hydrogen) atoms. The quantitative estimate of drug-likeness (QED) is 0.160. The third kappa shape index (κ3) is 8.16. The summed E-state index contributed by atoms with van der Waals surface area (Å²) in [6.07, 6.45) is -1.99. The Bertz CT molecular complexity index is 1770. The molecule has 1 aliphatic rings. The summed E-state index contributed by atoms with van der Waals surface area (Å²) in [4.78, 5) is 41.3. The Hall–Kier alpha value is -4.59. The van der Waals surface area contributed by atoms with Gasteiger partial charge in [0.05, 0.1) is 27.9 Å². The van der Waals surface area contributed by atoms with Gasteiger partial charge >= 0.3 is 6.18 Å². The first-order chi connectivity index (χ1) is 21.9. The van der Waals surface area contributed by atoms with Gasteiger partial charge in [0.15, 0.2) is 16.7 Å². The van der Waals surface area contributed by atoms with Crippen molar-refractivity contribution in [2.45, 2.75) is 57.7 Å². The minimum atomic E-state index is -4.58. The Balaban J connectivity index is 1.22. The summed E-state index contributed by atoms with van der Waals surface area (Å²) in [7, 11) is 0. The maximum Gasteiger partial charge on any atom is 0.416 e.